The van der Waals surface area contributed by atoms with Crippen molar-refractivity contribution in [2.75, 3.05) is 6.61 Å². The van der Waals surface area contributed by atoms with Crippen molar-refractivity contribution in [3.05, 3.63) is 47.2 Å². The highest BCUT2D eigenvalue weighted by Gasteiger charge is 2.54. The number of ether oxygens (including phenoxy) is 6. The molecule has 0 amide bonds. The number of rotatable bonds is 7. The van der Waals surface area contributed by atoms with Gasteiger partial charge in [-0.2, -0.15) is 0 Å². The van der Waals surface area contributed by atoms with E-state index in [4.69, 9.17) is 28.4 Å². The molecule has 5 atom stereocenters. The normalized spacial score (nSPS) is 25.1. The van der Waals surface area contributed by atoms with E-state index in [0.29, 0.717) is 0 Å². The number of esters is 4. The Hall–Kier alpha value is -4.06. The number of carbonyl (C=O) groups excluding carboxylic acids is 6. The van der Waals surface area contributed by atoms with Gasteiger partial charge in [0, 0.05) is 44.9 Å². The van der Waals surface area contributed by atoms with Gasteiger partial charge in [-0.1, -0.05) is 24.3 Å². The molecule has 1 heterocycles. The van der Waals surface area contributed by atoms with Gasteiger partial charge in [-0.15, -0.1) is 0 Å². The Morgan fingerprint density at radius 1 is 0.778 bits per heavy atom. The largest absolute Gasteiger partial charge is 0.463 e. The van der Waals surface area contributed by atoms with Crippen LogP contribution in [0.15, 0.2) is 36.1 Å². The van der Waals surface area contributed by atoms with Gasteiger partial charge in [0.1, 0.15) is 12.7 Å². The molecule has 3 rings (SSSR count). The lowest BCUT2D eigenvalue weighted by molar-refractivity contribution is -0.298. The summed E-state index contributed by atoms with van der Waals surface area (Å²) in [5.74, 6) is -4.69. The summed E-state index contributed by atoms with van der Waals surface area (Å²) in [5.41, 5.74) is 0.266. The predicted molar refractivity (Wildman–Crippen MR) is 116 cm³/mol. The van der Waals surface area contributed by atoms with Crippen LogP contribution < -0.4 is 0 Å². The molecular formula is C24H24O12. The van der Waals surface area contributed by atoms with Crippen molar-refractivity contribution in [1.82, 2.24) is 0 Å². The minimum atomic E-state index is -1.63. The van der Waals surface area contributed by atoms with E-state index in [0.717, 1.165) is 33.8 Å². The zero-order chi connectivity index (χ0) is 26.6. The van der Waals surface area contributed by atoms with Crippen molar-refractivity contribution in [3.8, 4) is 0 Å². The summed E-state index contributed by atoms with van der Waals surface area (Å²) in [6, 6.07) is 6.10. The summed E-state index contributed by atoms with van der Waals surface area (Å²) in [7, 11) is 0. The molecule has 0 saturated carbocycles. The fourth-order valence-electron chi connectivity index (χ4n) is 3.79. The number of ketones is 2. The van der Waals surface area contributed by atoms with Crippen LogP contribution >= 0.6 is 0 Å². The average Bonchev–Trinajstić information content (AvgIpc) is 2.79. The van der Waals surface area contributed by atoms with E-state index in [9.17, 15) is 28.8 Å². The van der Waals surface area contributed by atoms with Gasteiger partial charge >= 0.3 is 23.9 Å². The van der Waals surface area contributed by atoms with Crippen molar-refractivity contribution in [3.63, 3.8) is 0 Å². The Balaban J connectivity index is 2.01. The molecule has 1 saturated heterocycles. The fourth-order valence-corrected chi connectivity index (χ4v) is 3.79. The number of allylic oxidation sites excluding steroid dienone is 2. The molecule has 0 radical (unpaired) electrons. The highest BCUT2D eigenvalue weighted by Crippen LogP contribution is 2.32. The molecule has 1 aliphatic heterocycles. The van der Waals surface area contributed by atoms with Gasteiger partial charge < -0.3 is 28.4 Å². The highest BCUT2D eigenvalue weighted by atomic mass is 16.7. The minimum absolute atomic E-state index is 0.0886. The molecule has 1 aromatic carbocycles. The van der Waals surface area contributed by atoms with Gasteiger partial charge in [-0.05, 0) is 0 Å². The van der Waals surface area contributed by atoms with Crippen molar-refractivity contribution >= 4 is 35.4 Å². The molecule has 0 aromatic heterocycles. The number of carbonyl (C=O) groups is 6. The summed E-state index contributed by atoms with van der Waals surface area (Å²) in [6.45, 7) is 3.90. The monoisotopic (exact) mass is 504 g/mol. The molecule has 0 N–H and O–H groups in total. The van der Waals surface area contributed by atoms with E-state index < -0.39 is 78.5 Å². The van der Waals surface area contributed by atoms with Crippen LogP contribution in [0, 0.1) is 0 Å². The fraction of sp³-hybridized carbons (Fsp3) is 0.417. The van der Waals surface area contributed by atoms with E-state index >= 15 is 0 Å². The first-order valence-corrected chi connectivity index (χ1v) is 10.8. The van der Waals surface area contributed by atoms with E-state index in [1.807, 2.05) is 0 Å². The Bertz CT molecular complexity index is 1120. The Morgan fingerprint density at radius 3 is 1.92 bits per heavy atom. The first-order chi connectivity index (χ1) is 17.0. The van der Waals surface area contributed by atoms with Crippen molar-refractivity contribution in [2.45, 2.75) is 58.4 Å². The summed E-state index contributed by atoms with van der Waals surface area (Å²) in [4.78, 5) is 72.6. The van der Waals surface area contributed by atoms with Crippen molar-refractivity contribution in [1.29, 1.82) is 0 Å². The first-order valence-electron chi connectivity index (χ1n) is 10.8. The maximum absolute atomic E-state index is 13.0. The van der Waals surface area contributed by atoms with Gasteiger partial charge in [0.25, 0.3) is 0 Å². The molecular weight excluding hydrogens is 480 g/mol. The zero-order valence-electron chi connectivity index (χ0n) is 19.9. The van der Waals surface area contributed by atoms with Crippen molar-refractivity contribution < 1.29 is 57.2 Å². The second-order valence-electron chi connectivity index (χ2n) is 7.93. The van der Waals surface area contributed by atoms with E-state index in [2.05, 4.69) is 0 Å². The molecule has 1 fully saturated rings. The molecule has 1 aromatic rings. The van der Waals surface area contributed by atoms with Gasteiger partial charge in [0.2, 0.25) is 18.2 Å². The van der Waals surface area contributed by atoms with Crippen LogP contribution in [0.1, 0.15) is 48.4 Å². The molecule has 1 aliphatic carbocycles. The zero-order valence-corrected chi connectivity index (χ0v) is 19.9. The van der Waals surface area contributed by atoms with Crippen LogP contribution in [0.5, 0.6) is 0 Å². The minimum Gasteiger partial charge on any atom is -0.463 e. The summed E-state index contributed by atoms with van der Waals surface area (Å²) >= 11 is 0. The second kappa shape index (κ2) is 11.1. The number of hydrogen-bond donors (Lipinski definition) is 0. The standard InChI is InChI=1S/C24H24O12/c1-11(25)31-10-19-21(32-12(2)26)22(33-13(3)27)23(34-14(4)28)24(36-19)35-18-9-17(29)15-7-5-6-8-16(15)20(18)30/h5-9,19,21-24H,10H2,1-4H3/t19-,21-,22+,23-,24-/m1/s1. The van der Waals surface area contributed by atoms with Crippen molar-refractivity contribution in [2.24, 2.45) is 0 Å². The molecule has 12 nitrogen and oxygen atoms in total. The van der Waals surface area contributed by atoms with Crippen LogP contribution in [0.3, 0.4) is 0 Å². The van der Waals surface area contributed by atoms with Crippen LogP contribution in [-0.4, -0.2) is 72.8 Å². The van der Waals surface area contributed by atoms with Gasteiger partial charge in [-0.3, -0.25) is 28.8 Å². The summed E-state index contributed by atoms with van der Waals surface area (Å²) < 4.78 is 32.4. The third-order valence-corrected chi connectivity index (χ3v) is 5.11. The van der Waals surface area contributed by atoms with Gasteiger partial charge in [-0.25, -0.2) is 0 Å². The molecule has 0 spiro atoms. The molecule has 2 aliphatic rings. The van der Waals surface area contributed by atoms with Crippen LogP contribution in [0.4, 0.5) is 0 Å². The molecule has 0 bridgehead atoms. The average molecular weight is 504 g/mol. The lowest BCUT2D eigenvalue weighted by Crippen LogP contribution is -2.63. The summed E-state index contributed by atoms with van der Waals surface area (Å²) in [5, 5.41) is 0. The number of Topliss-reactive ketones (excluding diaryl/α,β-unsaturated/α-hetero) is 1. The van der Waals surface area contributed by atoms with Crippen LogP contribution in [-0.2, 0) is 47.6 Å². The molecule has 0 unspecified atom stereocenters. The maximum atomic E-state index is 13.0. The maximum Gasteiger partial charge on any atom is 0.303 e. The predicted octanol–water partition coefficient (Wildman–Crippen LogP) is 1.05. The van der Waals surface area contributed by atoms with Gasteiger partial charge in [0.15, 0.2) is 23.8 Å². The third-order valence-electron chi connectivity index (χ3n) is 5.11. The van der Waals surface area contributed by atoms with E-state index in [-0.39, 0.29) is 11.1 Å². The SMILES string of the molecule is CC(=O)OC[C@H]1O[C@@H](OC2=CC(=O)c3ccccc3C2=O)[C@H](OC(C)=O)[C@@H](OC(C)=O)[C@@H]1OC(C)=O. The smallest absolute Gasteiger partial charge is 0.303 e. The van der Waals surface area contributed by atoms with E-state index in [1.165, 1.54) is 12.1 Å². The van der Waals surface area contributed by atoms with Crippen LogP contribution in [0.25, 0.3) is 0 Å². The number of hydrogen-bond acceptors (Lipinski definition) is 12. The Kier molecular flexibility index (Phi) is 8.20. The number of fused-ring (bicyclic) bond motifs is 1. The van der Waals surface area contributed by atoms with Gasteiger partial charge in [0.05, 0.1) is 0 Å². The Morgan fingerprint density at radius 2 is 1.33 bits per heavy atom. The quantitative estimate of drug-likeness (QED) is 0.384. The lowest BCUT2D eigenvalue weighted by atomic mass is 9.93. The Labute approximate surface area is 205 Å². The topological polar surface area (TPSA) is 158 Å². The second-order valence-corrected chi connectivity index (χ2v) is 7.93. The molecule has 36 heavy (non-hydrogen) atoms. The molecule has 12 heteroatoms. The molecule has 192 valence electrons. The van der Waals surface area contributed by atoms with Crippen LogP contribution in [0.2, 0.25) is 0 Å². The highest BCUT2D eigenvalue weighted by molar-refractivity contribution is 6.23. The van der Waals surface area contributed by atoms with E-state index in [1.54, 1.807) is 12.1 Å². The number of benzene rings is 1. The third kappa shape index (κ3) is 6.13. The lowest BCUT2D eigenvalue weighted by Gasteiger charge is -2.44. The first kappa shape index (κ1) is 26.5. The summed E-state index contributed by atoms with van der Waals surface area (Å²) in [6.07, 6.45) is -6.32.